The molecule has 1 aromatic heterocycles. The van der Waals surface area contributed by atoms with Crippen LogP contribution in [0, 0.1) is 13.8 Å². The lowest BCUT2D eigenvalue weighted by Gasteiger charge is -2.28. The fourth-order valence-corrected chi connectivity index (χ4v) is 3.76. The van der Waals surface area contributed by atoms with E-state index in [0.29, 0.717) is 36.9 Å². The van der Waals surface area contributed by atoms with E-state index in [1.54, 1.807) is 7.11 Å². The molecule has 0 saturated carbocycles. The molecule has 1 aromatic carbocycles. The molecule has 0 amide bonds. The normalized spacial score (nSPS) is 16.5. The van der Waals surface area contributed by atoms with Crippen LogP contribution in [0.25, 0.3) is 10.9 Å². The lowest BCUT2D eigenvalue weighted by Crippen LogP contribution is -2.44. The van der Waals surface area contributed by atoms with E-state index < -0.39 is 0 Å². The summed E-state index contributed by atoms with van der Waals surface area (Å²) in [4.78, 5) is 17.8. The average molecular weight is 404 g/mol. The Morgan fingerprint density at radius 2 is 2.25 bits per heavy atom. The molecule has 1 saturated heterocycles. The molecule has 0 bridgehead atoms. The van der Waals surface area contributed by atoms with Gasteiger partial charge >= 0.3 is 0 Å². The van der Waals surface area contributed by atoms with Crippen molar-refractivity contribution in [3.8, 4) is 0 Å². The van der Waals surface area contributed by atoms with Crippen molar-refractivity contribution in [1.29, 1.82) is 0 Å². The minimum atomic E-state index is -0.0711. The second-order valence-corrected chi connectivity index (χ2v) is 7.72. The molecule has 1 aliphatic rings. The van der Waals surface area contributed by atoms with Crippen LogP contribution in [0.5, 0.6) is 0 Å². The van der Waals surface area contributed by atoms with Crippen LogP contribution in [0.2, 0.25) is 0 Å². The molecule has 1 atom stereocenters. The summed E-state index contributed by atoms with van der Waals surface area (Å²) < 4.78 is 10.9. The smallest absolute Gasteiger partial charge is 0.253 e. The molecule has 0 radical (unpaired) electrons. The quantitative estimate of drug-likeness (QED) is 0.547. The third-order valence-corrected chi connectivity index (χ3v) is 5.71. The molecule has 1 aliphatic heterocycles. The Kier molecular flexibility index (Phi) is 7.04. The number of nitrogens with zero attached hydrogens (tertiary/aromatic N) is 1. The fraction of sp³-hybridized carbons (Fsp3) is 0.524. The molecule has 2 heterocycles. The highest BCUT2D eigenvalue weighted by Crippen LogP contribution is 2.20. The molecule has 0 aliphatic carbocycles. The number of pyridine rings is 1. The van der Waals surface area contributed by atoms with E-state index in [9.17, 15) is 4.79 Å². The lowest BCUT2D eigenvalue weighted by atomic mass is 10.0. The summed E-state index contributed by atoms with van der Waals surface area (Å²) in [5, 5.41) is 4.87. The number of thiocarbonyl (C=S) groups is 1. The van der Waals surface area contributed by atoms with Gasteiger partial charge in [-0.1, -0.05) is 12.1 Å². The SMILES string of the molecule is COCCNC(=S)N(Cc1cc2ccc(C)c(C)c2[nH]c1=O)C[C@H]1CCCO1. The maximum absolute atomic E-state index is 12.8. The number of aromatic nitrogens is 1. The Hall–Kier alpha value is -1.96. The molecule has 0 unspecified atom stereocenters. The third-order valence-electron chi connectivity index (χ3n) is 5.31. The Bertz CT molecular complexity index is 890. The molecular formula is C21H29N3O3S. The van der Waals surface area contributed by atoms with E-state index >= 15 is 0 Å². The lowest BCUT2D eigenvalue weighted by molar-refractivity contribution is 0.0895. The molecule has 6 nitrogen and oxygen atoms in total. The van der Waals surface area contributed by atoms with Crippen LogP contribution >= 0.6 is 12.2 Å². The van der Waals surface area contributed by atoms with Crippen LogP contribution in [0.3, 0.4) is 0 Å². The van der Waals surface area contributed by atoms with E-state index in [0.717, 1.165) is 35.9 Å². The van der Waals surface area contributed by atoms with E-state index in [-0.39, 0.29) is 11.7 Å². The topological polar surface area (TPSA) is 66.6 Å². The van der Waals surface area contributed by atoms with Crippen molar-refractivity contribution in [3.05, 3.63) is 45.2 Å². The van der Waals surface area contributed by atoms with Crippen molar-refractivity contribution in [2.24, 2.45) is 0 Å². The summed E-state index contributed by atoms with van der Waals surface area (Å²) in [6.07, 6.45) is 2.23. The van der Waals surface area contributed by atoms with Gasteiger partial charge in [0.25, 0.3) is 5.56 Å². The molecule has 2 N–H and O–H groups in total. The summed E-state index contributed by atoms with van der Waals surface area (Å²) in [5.41, 5.74) is 3.80. The van der Waals surface area contributed by atoms with Crippen LogP contribution in [0.1, 0.15) is 29.5 Å². The Labute approximate surface area is 171 Å². The molecule has 28 heavy (non-hydrogen) atoms. The van der Waals surface area contributed by atoms with Gasteiger partial charge < -0.3 is 24.7 Å². The van der Waals surface area contributed by atoms with E-state index in [1.165, 1.54) is 5.56 Å². The first-order valence-corrected chi connectivity index (χ1v) is 10.2. The monoisotopic (exact) mass is 403 g/mol. The van der Waals surface area contributed by atoms with Gasteiger partial charge in [0.1, 0.15) is 0 Å². The van der Waals surface area contributed by atoms with Crippen LogP contribution in [-0.2, 0) is 16.0 Å². The predicted octanol–water partition coefficient (Wildman–Crippen LogP) is 2.65. The van der Waals surface area contributed by atoms with Gasteiger partial charge in [-0.3, -0.25) is 4.79 Å². The zero-order valence-corrected chi connectivity index (χ0v) is 17.7. The number of rotatable bonds is 7. The zero-order valence-electron chi connectivity index (χ0n) is 16.8. The van der Waals surface area contributed by atoms with E-state index in [2.05, 4.69) is 29.4 Å². The van der Waals surface area contributed by atoms with Crippen LogP contribution in [-0.4, -0.2) is 54.5 Å². The summed E-state index contributed by atoms with van der Waals surface area (Å²) in [7, 11) is 1.66. The van der Waals surface area contributed by atoms with Gasteiger partial charge in [0, 0.05) is 32.4 Å². The number of hydrogen-bond acceptors (Lipinski definition) is 4. The van der Waals surface area contributed by atoms with Crippen molar-refractivity contribution >= 4 is 28.2 Å². The standard InChI is InChI=1S/C21H29N3O3S/c1-14-6-7-16-11-17(20(25)23-19(16)15(14)2)12-24(13-18-5-4-9-27-18)21(28)22-8-10-26-3/h6-7,11,18H,4-5,8-10,12-13H2,1-3H3,(H,22,28)(H,23,25)/t18-/m1/s1. The summed E-state index contributed by atoms with van der Waals surface area (Å²) in [6, 6.07) is 6.11. The number of nitrogens with one attached hydrogen (secondary N) is 2. The number of H-pyrrole nitrogens is 1. The maximum Gasteiger partial charge on any atom is 0.253 e. The molecule has 7 heteroatoms. The van der Waals surface area contributed by atoms with Gasteiger partial charge in [0.05, 0.1) is 24.8 Å². The van der Waals surface area contributed by atoms with Crippen molar-refractivity contribution in [3.63, 3.8) is 0 Å². The first-order chi connectivity index (χ1) is 13.5. The summed E-state index contributed by atoms with van der Waals surface area (Å²) in [6.45, 7) is 7.19. The zero-order chi connectivity index (χ0) is 20.1. The minimum Gasteiger partial charge on any atom is -0.383 e. The highest BCUT2D eigenvalue weighted by molar-refractivity contribution is 7.80. The van der Waals surface area contributed by atoms with Gasteiger partial charge in [-0.05, 0) is 61.5 Å². The number of ether oxygens (including phenoxy) is 2. The summed E-state index contributed by atoms with van der Waals surface area (Å²) >= 11 is 5.59. The first-order valence-electron chi connectivity index (χ1n) is 9.75. The maximum atomic E-state index is 12.8. The van der Waals surface area contributed by atoms with Crippen molar-refractivity contribution in [1.82, 2.24) is 15.2 Å². The van der Waals surface area contributed by atoms with Gasteiger partial charge in [0.15, 0.2) is 5.11 Å². The van der Waals surface area contributed by atoms with Gasteiger partial charge in [-0.2, -0.15) is 0 Å². The first kappa shape index (κ1) is 20.8. The number of methoxy groups -OCH3 is 1. The van der Waals surface area contributed by atoms with Crippen molar-refractivity contribution in [2.45, 2.75) is 39.3 Å². The number of fused-ring (bicyclic) bond motifs is 1. The minimum absolute atomic E-state index is 0.0711. The van der Waals surface area contributed by atoms with Gasteiger partial charge in [-0.25, -0.2) is 0 Å². The second kappa shape index (κ2) is 9.49. The van der Waals surface area contributed by atoms with Crippen LogP contribution in [0.4, 0.5) is 0 Å². The van der Waals surface area contributed by atoms with E-state index in [1.807, 2.05) is 17.9 Å². The number of aromatic amines is 1. The Morgan fingerprint density at radius 1 is 1.43 bits per heavy atom. The highest BCUT2D eigenvalue weighted by atomic mass is 32.1. The van der Waals surface area contributed by atoms with Gasteiger partial charge in [0.2, 0.25) is 0 Å². The van der Waals surface area contributed by atoms with Gasteiger partial charge in [-0.15, -0.1) is 0 Å². The molecular weight excluding hydrogens is 374 g/mol. The van der Waals surface area contributed by atoms with Crippen LogP contribution < -0.4 is 10.9 Å². The molecule has 1 fully saturated rings. The number of hydrogen-bond donors (Lipinski definition) is 2. The Morgan fingerprint density at radius 3 is 2.96 bits per heavy atom. The Balaban J connectivity index is 1.84. The molecule has 0 spiro atoms. The van der Waals surface area contributed by atoms with E-state index in [4.69, 9.17) is 21.7 Å². The molecule has 3 rings (SSSR count). The number of benzene rings is 1. The predicted molar refractivity (Wildman–Crippen MR) is 116 cm³/mol. The molecule has 152 valence electrons. The average Bonchev–Trinajstić information content (AvgIpc) is 3.19. The second-order valence-electron chi connectivity index (χ2n) is 7.34. The largest absolute Gasteiger partial charge is 0.383 e. The van der Waals surface area contributed by atoms with Crippen molar-refractivity contribution < 1.29 is 9.47 Å². The number of aryl methyl sites for hydroxylation is 2. The highest BCUT2D eigenvalue weighted by Gasteiger charge is 2.22. The summed E-state index contributed by atoms with van der Waals surface area (Å²) in [5.74, 6) is 0. The fourth-order valence-electron chi connectivity index (χ4n) is 3.52. The molecule has 2 aromatic rings. The van der Waals surface area contributed by atoms with Crippen LogP contribution in [0.15, 0.2) is 23.0 Å². The third kappa shape index (κ3) is 4.90. The van der Waals surface area contributed by atoms with Crippen molar-refractivity contribution in [2.75, 3.05) is 33.4 Å².